The van der Waals surface area contributed by atoms with Crippen molar-refractivity contribution >= 4 is 26.0 Å². The molecule has 0 spiro atoms. The van der Waals surface area contributed by atoms with Gasteiger partial charge in [0.1, 0.15) is 18.0 Å². The van der Waals surface area contributed by atoms with Crippen LogP contribution in [0.15, 0.2) is 59.5 Å². The van der Waals surface area contributed by atoms with E-state index >= 15 is 0 Å². The van der Waals surface area contributed by atoms with Gasteiger partial charge in [0.15, 0.2) is 15.6 Å². The quantitative estimate of drug-likeness (QED) is 0.239. The Labute approximate surface area is 246 Å². The molecule has 0 aliphatic rings. The minimum absolute atomic E-state index is 0.0557. The lowest BCUT2D eigenvalue weighted by Crippen LogP contribution is -2.53. The number of hydrogen-bond acceptors (Lipinski definition) is 8. The van der Waals surface area contributed by atoms with Crippen molar-refractivity contribution in [1.82, 2.24) is 9.88 Å². The highest BCUT2D eigenvalue weighted by atomic mass is 32.2. The molecule has 1 N–H and O–H groups in total. The van der Waals surface area contributed by atoms with Gasteiger partial charge in [0.25, 0.3) is 10.1 Å². The van der Waals surface area contributed by atoms with Gasteiger partial charge in [0, 0.05) is 17.6 Å². The lowest BCUT2D eigenvalue weighted by atomic mass is 10.1. The first-order valence-corrected chi connectivity index (χ1v) is 16.7. The molecule has 0 saturated carbocycles. The molecule has 0 radical (unpaired) electrons. The summed E-state index contributed by atoms with van der Waals surface area (Å²) in [6.07, 6.45) is 1.57. The molecule has 1 heterocycles. The summed E-state index contributed by atoms with van der Waals surface area (Å²) in [7, 11) is -7.21. The summed E-state index contributed by atoms with van der Waals surface area (Å²) in [5.41, 5.74) is 1.51. The van der Waals surface area contributed by atoms with Gasteiger partial charge in [-0.25, -0.2) is 17.6 Å². The Morgan fingerprint density at radius 2 is 1.55 bits per heavy atom. The van der Waals surface area contributed by atoms with Gasteiger partial charge in [-0.05, 0) is 94.6 Å². The van der Waals surface area contributed by atoms with Crippen LogP contribution in [0.2, 0.25) is 0 Å². The second kappa shape index (κ2) is 12.5. The molecule has 3 rings (SSSR count). The minimum atomic E-state index is -3.83. The molecule has 1 atom stereocenters. The van der Waals surface area contributed by atoms with E-state index in [0.29, 0.717) is 12.1 Å². The zero-order chi connectivity index (χ0) is 31.5. The van der Waals surface area contributed by atoms with Crippen LogP contribution >= 0.6 is 0 Å². The van der Waals surface area contributed by atoms with Gasteiger partial charge in [0.05, 0.1) is 23.5 Å². The molecule has 2 aromatic carbocycles. The largest absolute Gasteiger partial charge is 0.444 e. The van der Waals surface area contributed by atoms with E-state index in [0.717, 1.165) is 35.0 Å². The Morgan fingerprint density at radius 3 is 2.07 bits per heavy atom. The van der Waals surface area contributed by atoms with Gasteiger partial charge in [-0.1, -0.05) is 12.1 Å². The first-order chi connectivity index (χ1) is 19.3. The molecule has 230 valence electrons. The van der Waals surface area contributed by atoms with Crippen LogP contribution in [0, 0.1) is 12.7 Å². The highest BCUT2D eigenvalue weighted by Crippen LogP contribution is 2.31. The normalized spacial score (nSPS) is 13.9. The highest BCUT2D eigenvalue weighted by Gasteiger charge is 2.32. The van der Waals surface area contributed by atoms with Crippen molar-refractivity contribution in [3.63, 3.8) is 0 Å². The fourth-order valence-corrected chi connectivity index (χ4v) is 5.23. The lowest BCUT2D eigenvalue weighted by Gasteiger charge is -2.31. The van der Waals surface area contributed by atoms with Crippen molar-refractivity contribution in [3.05, 3.63) is 71.7 Å². The lowest BCUT2D eigenvalue weighted by molar-refractivity contribution is -0.0822. The summed E-state index contributed by atoms with van der Waals surface area (Å²) < 4.78 is 79.1. The second-order valence-electron chi connectivity index (χ2n) is 11.2. The number of alkyl carbamates (subject to hydrolysis) is 1. The monoisotopic (exact) mass is 624 g/mol. The zero-order valence-electron chi connectivity index (χ0n) is 24.7. The van der Waals surface area contributed by atoms with E-state index in [-0.39, 0.29) is 17.3 Å². The van der Waals surface area contributed by atoms with Crippen LogP contribution < -0.4 is 5.32 Å². The molecule has 1 amide bonds. The Balaban J connectivity index is 1.92. The van der Waals surface area contributed by atoms with Gasteiger partial charge < -0.3 is 14.0 Å². The van der Waals surface area contributed by atoms with Crippen molar-refractivity contribution in [3.8, 4) is 16.9 Å². The van der Waals surface area contributed by atoms with Crippen LogP contribution in [0.4, 0.5) is 9.18 Å². The summed E-state index contributed by atoms with van der Waals surface area (Å²) in [4.78, 5) is 12.7. The number of aromatic nitrogens is 1. The molecule has 10 nitrogen and oxygen atoms in total. The van der Waals surface area contributed by atoms with Crippen LogP contribution in [0.25, 0.3) is 16.9 Å². The molecule has 13 heteroatoms. The standard InChI is InChI=1S/C29H37FN2O8S2/c1-20-22(16-17-38-29(5,19-39-42(7,36)37)31-27(33)40-28(2,3)4)18-26(32(20)24-12-10-23(30)11-13-24)21-8-14-25(15-9-21)41(6,34)35/h8-15,18H,16-17,19H2,1-7H3,(H,31,33)/t29-/m1/s1. The molecule has 0 fully saturated rings. The number of ether oxygens (including phenoxy) is 2. The Kier molecular flexibility index (Phi) is 9.92. The minimum Gasteiger partial charge on any atom is -0.444 e. The van der Waals surface area contributed by atoms with E-state index < -0.39 is 44.0 Å². The maximum Gasteiger partial charge on any atom is 0.409 e. The number of nitrogens with one attached hydrogen (secondary N) is 1. The van der Waals surface area contributed by atoms with E-state index in [4.69, 9.17) is 13.7 Å². The summed E-state index contributed by atoms with van der Waals surface area (Å²) >= 11 is 0. The molecular formula is C29H37FN2O8S2. The number of carbonyl (C=O) groups is 1. The van der Waals surface area contributed by atoms with E-state index in [2.05, 4.69) is 5.32 Å². The Morgan fingerprint density at radius 1 is 0.952 bits per heavy atom. The SMILES string of the molecule is Cc1c(CCO[C@](C)(COS(C)(=O)=O)NC(=O)OC(C)(C)C)cc(-c2ccc(S(C)(=O)=O)cc2)n1-c1ccc(F)cc1. The molecule has 0 aliphatic heterocycles. The maximum absolute atomic E-state index is 13.7. The first kappa shape index (κ1) is 33.2. The molecular weight excluding hydrogens is 587 g/mol. The predicted octanol–water partition coefficient (Wildman–Crippen LogP) is 4.77. The van der Waals surface area contributed by atoms with E-state index in [9.17, 15) is 26.0 Å². The van der Waals surface area contributed by atoms with Crippen molar-refractivity contribution in [2.45, 2.75) is 57.3 Å². The molecule has 42 heavy (non-hydrogen) atoms. The van der Waals surface area contributed by atoms with Crippen molar-refractivity contribution < 1.29 is 39.7 Å². The zero-order valence-corrected chi connectivity index (χ0v) is 26.4. The topological polar surface area (TPSA) is 130 Å². The number of rotatable bonds is 11. The van der Waals surface area contributed by atoms with Gasteiger partial charge >= 0.3 is 6.09 Å². The average molecular weight is 625 g/mol. The number of amides is 1. The third-order valence-electron chi connectivity index (χ3n) is 6.12. The molecule has 0 saturated heterocycles. The maximum atomic E-state index is 13.7. The fraction of sp³-hybridized carbons (Fsp3) is 0.414. The van der Waals surface area contributed by atoms with Crippen molar-refractivity contribution in [2.75, 3.05) is 25.7 Å². The fourth-order valence-electron chi connectivity index (χ4n) is 4.16. The van der Waals surface area contributed by atoms with Crippen LogP contribution in [0.1, 0.15) is 39.0 Å². The smallest absolute Gasteiger partial charge is 0.409 e. The second-order valence-corrected chi connectivity index (χ2v) is 14.8. The summed E-state index contributed by atoms with van der Waals surface area (Å²) in [5, 5.41) is 2.55. The predicted molar refractivity (Wildman–Crippen MR) is 157 cm³/mol. The third-order valence-corrected chi connectivity index (χ3v) is 7.80. The van der Waals surface area contributed by atoms with Crippen LogP contribution in [-0.2, 0) is 40.0 Å². The number of hydrogen-bond donors (Lipinski definition) is 1. The van der Waals surface area contributed by atoms with Gasteiger partial charge in [0.2, 0.25) is 0 Å². The number of benzene rings is 2. The Hall–Kier alpha value is -3.26. The third kappa shape index (κ3) is 9.38. The molecule has 1 aromatic heterocycles. The number of nitrogens with zero attached hydrogens (tertiary/aromatic N) is 1. The number of halogens is 1. The van der Waals surface area contributed by atoms with Gasteiger partial charge in [-0.15, -0.1) is 0 Å². The average Bonchev–Trinajstić information content (AvgIpc) is 3.17. The van der Waals surface area contributed by atoms with Crippen LogP contribution in [0.3, 0.4) is 0 Å². The van der Waals surface area contributed by atoms with Crippen LogP contribution in [-0.4, -0.2) is 64.5 Å². The van der Waals surface area contributed by atoms with E-state index in [1.54, 1.807) is 45.0 Å². The van der Waals surface area contributed by atoms with E-state index in [1.807, 2.05) is 17.6 Å². The number of carbonyl (C=O) groups excluding carboxylic acids is 1. The first-order valence-electron chi connectivity index (χ1n) is 13.0. The molecule has 3 aromatic rings. The number of sulfone groups is 1. The van der Waals surface area contributed by atoms with E-state index in [1.165, 1.54) is 31.2 Å². The summed E-state index contributed by atoms with van der Waals surface area (Å²) in [6, 6.07) is 14.4. The van der Waals surface area contributed by atoms with Gasteiger partial charge in [-0.2, -0.15) is 8.42 Å². The van der Waals surface area contributed by atoms with Crippen LogP contribution in [0.5, 0.6) is 0 Å². The molecule has 0 bridgehead atoms. The van der Waals surface area contributed by atoms with Gasteiger partial charge in [-0.3, -0.25) is 9.50 Å². The summed E-state index contributed by atoms with van der Waals surface area (Å²) in [6.45, 7) is 8.01. The van der Waals surface area contributed by atoms with Crippen molar-refractivity contribution in [2.24, 2.45) is 0 Å². The Bertz CT molecular complexity index is 1630. The summed E-state index contributed by atoms with van der Waals surface area (Å²) in [5.74, 6) is -0.385. The van der Waals surface area contributed by atoms with Crippen molar-refractivity contribution in [1.29, 1.82) is 0 Å². The molecule has 0 aliphatic carbocycles. The molecule has 0 unspecified atom stereocenters. The highest BCUT2D eigenvalue weighted by molar-refractivity contribution is 7.90.